The molecule has 0 aliphatic heterocycles. The van der Waals surface area contributed by atoms with Gasteiger partial charge in [0.1, 0.15) is 5.69 Å². The maximum atomic E-state index is 5.07. The van der Waals surface area contributed by atoms with Gasteiger partial charge in [0, 0.05) is 11.8 Å². The molecule has 0 radical (unpaired) electrons. The number of aryl methyl sites for hydroxylation is 1. The Morgan fingerprint density at radius 1 is 0.944 bits per heavy atom. The molecule has 2 aromatic heterocycles. The highest BCUT2D eigenvalue weighted by Gasteiger charge is 2.07. The summed E-state index contributed by atoms with van der Waals surface area (Å²) in [6, 6.07) is 14.0. The molecular formula is C14H11N3O. The van der Waals surface area contributed by atoms with Crippen molar-refractivity contribution >= 4 is 0 Å². The van der Waals surface area contributed by atoms with Gasteiger partial charge in [0.2, 0.25) is 0 Å². The predicted octanol–water partition coefficient (Wildman–Crippen LogP) is 3.11. The fourth-order valence-electron chi connectivity index (χ4n) is 1.72. The highest BCUT2D eigenvalue weighted by molar-refractivity contribution is 5.64. The van der Waals surface area contributed by atoms with Crippen LogP contribution >= 0.6 is 0 Å². The van der Waals surface area contributed by atoms with Gasteiger partial charge in [-0.3, -0.25) is 4.98 Å². The van der Waals surface area contributed by atoms with Crippen LogP contribution in [0.15, 0.2) is 53.2 Å². The smallest absolute Gasteiger partial charge is 0.276 e. The van der Waals surface area contributed by atoms with Crippen molar-refractivity contribution in [3.63, 3.8) is 0 Å². The van der Waals surface area contributed by atoms with Gasteiger partial charge in [-0.2, -0.15) is 4.98 Å². The van der Waals surface area contributed by atoms with Gasteiger partial charge >= 0.3 is 0 Å². The molecule has 0 saturated carbocycles. The molecule has 0 amide bonds. The first-order valence-electron chi connectivity index (χ1n) is 5.65. The summed E-state index contributed by atoms with van der Waals surface area (Å²) in [4.78, 5) is 8.49. The van der Waals surface area contributed by atoms with E-state index in [-0.39, 0.29) is 0 Å². The van der Waals surface area contributed by atoms with Crippen LogP contribution in [0.25, 0.3) is 22.7 Å². The van der Waals surface area contributed by atoms with Gasteiger partial charge in [0.25, 0.3) is 5.89 Å². The molecule has 0 saturated heterocycles. The van der Waals surface area contributed by atoms with E-state index in [0.717, 1.165) is 11.1 Å². The second-order valence-electron chi connectivity index (χ2n) is 3.94. The number of benzene rings is 1. The topological polar surface area (TPSA) is 51.8 Å². The fraction of sp³-hybridized carbons (Fsp3) is 0.0714. The lowest BCUT2D eigenvalue weighted by atomic mass is 10.1. The molecule has 18 heavy (non-hydrogen) atoms. The van der Waals surface area contributed by atoms with Crippen LogP contribution in [-0.2, 0) is 0 Å². The van der Waals surface area contributed by atoms with Crippen molar-refractivity contribution < 1.29 is 4.52 Å². The second kappa shape index (κ2) is 4.41. The summed E-state index contributed by atoms with van der Waals surface area (Å²) in [5.41, 5.74) is 2.89. The fourth-order valence-corrected chi connectivity index (χ4v) is 1.72. The van der Waals surface area contributed by atoms with Crippen molar-refractivity contribution in [1.82, 2.24) is 15.1 Å². The summed E-state index contributed by atoms with van der Waals surface area (Å²) in [5, 5.41) is 3.75. The van der Waals surface area contributed by atoms with Crippen molar-refractivity contribution in [2.24, 2.45) is 0 Å². The summed E-state index contributed by atoms with van der Waals surface area (Å²) in [7, 11) is 0. The summed E-state index contributed by atoms with van der Waals surface area (Å²) in [6.07, 6.45) is 1.81. The minimum Gasteiger partial charge on any atom is -0.332 e. The Balaban J connectivity index is 1.94. The molecule has 0 fully saturated rings. The van der Waals surface area contributed by atoms with E-state index in [1.54, 1.807) is 6.92 Å². The van der Waals surface area contributed by atoms with E-state index in [1.807, 2.05) is 48.7 Å². The highest BCUT2D eigenvalue weighted by atomic mass is 16.5. The third-order valence-electron chi connectivity index (χ3n) is 2.62. The zero-order valence-corrected chi connectivity index (χ0v) is 9.87. The van der Waals surface area contributed by atoms with Crippen molar-refractivity contribution in [3.8, 4) is 22.7 Å². The number of hydrogen-bond donors (Lipinski definition) is 0. The lowest BCUT2D eigenvalue weighted by Gasteiger charge is -2.00. The molecule has 4 heteroatoms. The third-order valence-corrected chi connectivity index (χ3v) is 2.62. The summed E-state index contributed by atoms with van der Waals surface area (Å²) >= 11 is 0. The molecule has 0 aliphatic rings. The maximum Gasteiger partial charge on any atom is 0.276 e. The van der Waals surface area contributed by atoms with Crippen LogP contribution in [0.1, 0.15) is 5.82 Å². The number of pyridine rings is 1. The van der Waals surface area contributed by atoms with E-state index >= 15 is 0 Å². The van der Waals surface area contributed by atoms with E-state index in [9.17, 15) is 0 Å². The molecule has 4 nitrogen and oxygen atoms in total. The normalized spacial score (nSPS) is 10.5. The van der Waals surface area contributed by atoms with Crippen molar-refractivity contribution in [2.75, 3.05) is 0 Å². The molecule has 0 unspecified atom stereocenters. The van der Waals surface area contributed by atoms with E-state index in [1.165, 1.54) is 0 Å². The maximum absolute atomic E-state index is 5.07. The predicted molar refractivity (Wildman–Crippen MR) is 67.7 cm³/mol. The SMILES string of the molecule is Cc1noc(-c2ccc(-c3ccccc3)cn2)n1. The molecule has 0 atom stereocenters. The molecule has 1 aromatic carbocycles. The zero-order valence-electron chi connectivity index (χ0n) is 9.87. The van der Waals surface area contributed by atoms with Crippen LogP contribution in [0.5, 0.6) is 0 Å². The second-order valence-corrected chi connectivity index (χ2v) is 3.94. The van der Waals surface area contributed by atoms with Crippen LogP contribution in [0, 0.1) is 6.92 Å². The third kappa shape index (κ3) is 2.00. The first kappa shape index (κ1) is 10.7. The molecule has 3 aromatic rings. The van der Waals surface area contributed by atoms with Gasteiger partial charge < -0.3 is 4.52 Å². The molecule has 0 bridgehead atoms. The number of hydrogen-bond acceptors (Lipinski definition) is 4. The van der Waals surface area contributed by atoms with Gasteiger partial charge in [0.05, 0.1) is 0 Å². The molecule has 0 N–H and O–H groups in total. The Hall–Kier alpha value is -2.49. The van der Waals surface area contributed by atoms with E-state index in [2.05, 4.69) is 15.1 Å². The minimum absolute atomic E-state index is 0.451. The molecule has 2 heterocycles. The van der Waals surface area contributed by atoms with Gasteiger partial charge in [-0.15, -0.1) is 0 Å². The highest BCUT2D eigenvalue weighted by Crippen LogP contribution is 2.21. The number of nitrogens with zero attached hydrogens (tertiary/aromatic N) is 3. The first-order valence-corrected chi connectivity index (χ1v) is 5.65. The molecular weight excluding hydrogens is 226 g/mol. The van der Waals surface area contributed by atoms with Gasteiger partial charge in [0.15, 0.2) is 5.82 Å². The van der Waals surface area contributed by atoms with Crippen molar-refractivity contribution in [3.05, 3.63) is 54.5 Å². The summed E-state index contributed by atoms with van der Waals surface area (Å²) in [6.45, 7) is 1.78. The Morgan fingerprint density at radius 2 is 1.78 bits per heavy atom. The Morgan fingerprint density at radius 3 is 2.39 bits per heavy atom. The average molecular weight is 237 g/mol. The quantitative estimate of drug-likeness (QED) is 0.687. The lowest BCUT2D eigenvalue weighted by molar-refractivity contribution is 0.424. The van der Waals surface area contributed by atoms with Crippen LogP contribution in [-0.4, -0.2) is 15.1 Å². The standard InChI is InChI=1S/C14H11N3O/c1-10-16-14(18-17-10)13-8-7-12(9-15-13)11-5-3-2-4-6-11/h2-9H,1H3. The first-order chi connectivity index (χ1) is 8.83. The van der Waals surface area contributed by atoms with Crippen molar-refractivity contribution in [2.45, 2.75) is 6.92 Å². The van der Waals surface area contributed by atoms with Crippen LogP contribution in [0.4, 0.5) is 0 Å². The Kier molecular flexibility index (Phi) is 2.61. The number of rotatable bonds is 2. The molecule has 3 rings (SSSR count). The lowest BCUT2D eigenvalue weighted by Crippen LogP contribution is -1.85. The summed E-state index contributed by atoms with van der Waals surface area (Å²) in [5.74, 6) is 1.06. The van der Waals surface area contributed by atoms with Crippen LogP contribution in [0.2, 0.25) is 0 Å². The van der Waals surface area contributed by atoms with Crippen molar-refractivity contribution in [1.29, 1.82) is 0 Å². The summed E-state index contributed by atoms with van der Waals surface area (Å²) < 4.78 is 5.07. The largest absolute Gasteiger partial charge is 0.332 e. The Labute approximate surface area is 104 Å². The Bertz CT molecular complexity index is 644. The average Bonchev–Trinajstić information content (AvgIpc) is 2.87. The van der Waals surface area contributed by atoms with E-state index in [0.29, 0.717) is 17.4 Å². The van der Waals surface area contributed by atoms with Crippen LogP contribution < -0.4 is 0 Å². The van der Waals surface area contributed by atoms with Crippen LogP contribution in [0.3, 0.4) is 0 Å². The van der Waals surface area contributed by atoms with Gasteiger partial charge in [-0.25, -0.2) is 0 Å². The van der Waals surface area contributed by atoms with E-state index in [4.69, 9.17) is 4.52 Å². The molecule has 0 aliphatic carbocycles. The van der Waals surface area contributed by atoms with E-state index < -0.39 is 0 Å². The molecule has 88 valence electrons. The molecule has 0 spiro atoms. The monoisotopic (exact) mass is 237 g/mol. The van der Waals surface area contributed by atoms with Gasteiger partial charge in [-0.1, -0.05) is 41.6 Å². The minimum atomic E-state index is 0.451. The zero-order chi connectivity index (χ0) is 12.4. The van der Waals surface area contributed by atoms with Gasteiger partial charge in [-0.05, 0) is 18.6 Å². The number of aromatic nitrogens is 3.